The van der Waals surface area contributed by atoms with Crippen molar-refractivity contribution in [3.63, 3.8) is 0 Å². The average Bonchev–Trinajstić information content (AvgIpc) is 3.09. The van der Waals surface area contributed by atoms with E-state index in [0.717, 1.165) is 5.69 Å². The van der Waals surface area contributed by atoms with Crippen LogP contribution in [0.4, 0.5) is 5.69 Å². The summed E-state index contributed by atoms with van der Waals surface area (Å²) >= 11 is 1.26. The molecule has 1 amide bonds. The Balaban J connectivity index is 1.98. The summed E-state index contributed by atoms with van der Waals surface area (Å²) in [5, 5.41) is 9.83. The lowest BCUT2D eigenvalue weighted by atomic mass is 10.1. The van der Waals surface area contributed by atoms with Gasteiger partial charge in [0.1, 0.15) is 0 Å². The summed E-state index contributed by atoms with van der Waals surface area (Å²) in [6.45, 7) is 2.41. The summed E-state index contributed by atoms with van der Waals surface area (Å²) in [6.07, 6.45) is 1.25. The summed E-state index contributed by atoms with van der Waals surface area (Å²) in [5.74, 6) is -0.656. The maximum Gasteiger partial charge on any atom is 0.344 e. The maximum absolute atomic E-state index is 13.2. The number of rotatable bonds is 10. The Labute approximate surface area is 196 Å². The summed E-state index contributed by atoms with van der Waals surface area (Å²) in [7, 11) is 3.09. The number of aliphatic carboxylic acids is 1. The van der Waals surface area contributed by atoms with E-state index in [2.05, 4.69) is 4.99 Å². The van der Waals surface area contributed by atoms with Crippen molar-refractivity contribution in [1.29, 1.82) is 0 Å². The molecule has 0 aromatic heterocycles. The molecule has 1 heterocycles. The van der Waals surface area contributed by atoms with E-state index >= 15 is 0 Å². The average molecular weight is 471 g/mol. The van der Waals surface area contributed by atoms with Crippen molar-refractivity contribution < 1.29 is 28.9 Å². The number of para-hydroxylation sites is 2. The van der Waals surface area contributed by atoms with Crippen LogP contribution in [0.2, 0.25) is 0 Å². The zero-order valence-corrected chi connectivity index (χ0v) is 19.5. The number of hydrogen-bond acceptors (Lipinski definition) is 7. The minimum atomic E-state index is -1.10. The largest absolute Gasteiger partial charge is 0.493 e. The van der Waals surface area contributed by atoms with Gasteiger partial charge in [-0.3, -0.25) is 9.69 Å². The van der Waals surface area contributed by atoms with Crippen molar-refractivity contribution in [3.8, 4) is 11.5 Å². The molecule has 33 heavy (non-hydrogen) atoms. The number of carbonyl (C=O) groups excluding carboxylic acids is 1. The fourth-order valence-electron chi connectivity index (χ4n) is 3.07. The minimum Gasteiger partial charge on any atom is -0.493 e. The number of carbonyl (C=O) groups is 2. The highest BCUT2D eigenvalue weighted by Gasteiger charge is 2.33. The van der Waals surface area contributed by atoms with E-state index in [-0.39, 0.29) is 11.7 Å². The smallest absolute Gasteiger partial charge is 0.344 e. The first kappa shape index (κ1) is 24.3. The van der Waals surface area contributed by atoms with E-state index in [1.54, 1.807) is 36.3 Å². The molecular formula is C24H26N2O6S. The molecule has 1 fully saturated rings. The first-order chi connectivity index (χ1) is 15.9. The Bertz CT molecular complexity index is 1050. The third kappa shape index (κ3) is 6.15. The molecule has 0 saturated carbocycles. The van der Waals surface area contributed by atoms with Gasteiger partial charge >= 0.3 is 5.97 Å². The molecule has 174 valence electrons. The van der Waals surface area contributed by atoms with Gasteiger partial charge in [0.15, 0.2) is 22.8 Å². The number of nitrogens with zero attached hydrogens (tertiary/aromatic N) is 2. The van der Waals surface area contributed by atoms with Gasteiger partial charge in [0.2, 0.25) is 0 Å². The second kappa shape index (κ2) is 11.5. The third-order valence-electron chi connectivity index (χ3n) is 4.76. The maximum atomic E-state index is 13.2. The molecule has 1 saturated heterocycles. The molecule has 0 radical (unpaired) electrons. The summed E-state index contributed by atoms with van der Waals surface area (Å²) < 4.78 is 16.1. The molecule has 0 aliphatic carbocycles. The Hall–Kier alpha value is -3.30. The first-order valence-corrected chi connectivity index (χ1v) is 11.2. The van der Waals surface area contributed by atoms with Crippen molar-refractivity contribution in [2.75, 3.05) is 27.4 Å². The van der Waals surface area contributed by atoms with Gasteiger partial charge in [0, 0.05) is 25.8 Å². The SMILES string of the molecule is COCCCN1C(=O)/C(=C/c2cccc(OC)c2O[C@H](C)C(=O)O)SC1=Nc1ccccc1. The summed E-state index contributed by atoms with van der Waals surface area (Å²) in [6, 6.07) is 14.6. The number of carboxylic acids is 1. The molecule has 0 spiro atoms. The number of ether oxygens (including phenoxy) is 3. The van der Waals surface area contributed by atoms with Crippen LogP contribution in [0.25, 0.3) is 6.08 Å². The van der Waals surface area contributed by atoms with E-state index in [4.69, 9.17) is 14.2 Å². The van der Waals surface area contributed by atoms with Crippen LogP contribution in [0.1, 0.15) is 18.9 Å². The van der Waals surface area contributed by atoms with Gasteiger partial charge in [-0.2, -0.15) is 0 Å². The molecule has 0 bridgehead atoms. The summed E-state index contributed by atoms with van der Waals surface area (Å²) in [4.78, 5) is 31.3. The van der Waals surface area contributed by atoms with E-state index in [9.17, 15) is 14.7 Å². The molecule has 2 aromatic carbocycles. The second-order valence-corrected chi connectivity index (χ2v) is 8.13. The monoisotopic (exact) mass is 470 g/mol. The van der Waals surface area contributed by atoms with E-state index in [1.165, 1.54) is 25.8 Å². The fraction of sp³-hybridized carbons (Fsp3) is 0.292. The van der Waals surface area contributed by atoms with E-state index < -0.39 is 12.1 Å². The molecule has 2 aromatic rings. The number of amidine groups is 1. The van der Waals surface area contributed by atoms with Crippen LogP contribution >= 0.6 is 11.8 Å². The zero-order chi connectivity index (χ0) is 23.8. The number of thioether (sulfide) groups is 1. The van der Waals surface area contributed by atoms with Gasteiger partial charge in [-0.1, -0.05) is 30.3 Å². The number of methoxy groups -OCH3 is 2. The van der Waals surface area contributed by atoms with Gasteiger partial charge in [0.25, 0.3) is 5.91 Å². The van der Waals surface area contributed by atoms with Crippen LogP contribution in [0.5, 0.6) is 11.5 Å². The fourth-order valence-corrected chi connectivity index (χ4v) is 4.09. The normalized spacial score (nSPS) is 16.9. The predicted octanol–water partition coefficient (Wildman–Crippen LogP) is 4.19. The molecule has 1 N–H and O–H groups in total. The van der Waals surface area contributed by atoms with Gasteiger partial charge in [-0.25, -0.2) is 9.79 Å². The molecule has 1 aliphatic heterocycles. The van der Waals surface area contributed by atoms with Crippen LogP contribution in [0.3, 0.4) is 0 Å². The highest BCUT2D eigenvalue weighted by atomic mass is 32.2. The van der Waals surface area contributed by atoms with Crippen LogP contribution in [0.15, 0.2) is 58.4 Å². The molecular weight excluding hydrogens is 444 g/mol. The topological polar surface area (TPSA) is 97.7 Å². The van der Waals surface area contributed by atoms with Crippen LogP contribution in [-0.2, 0) is 14.3 Å². The molecule has 9 heteroatoms. The van der Waals surface area contributed by atoms with Crippen molar-refractivity contribution in [2.24, 2.45) is 4.99 Å². The van der Waals surface area contributed by atoms with Crippen molar-refractivity contribution in [1.82, 2.24) is 4.90 Å². The first-order valence-electron chi connectivity index (χ1n) is 10.3. The Morgan fingerprint density at radius 2 is 1.94 bits per heavy atom. The van der Waals surface area contributed by atoms with Gasteiger partial charge < -0.3 is 19.3 Å². The number of amides is 1. The summed E-state index contributed by atoms with van der Waals surface area (Å²) in [5.41, 5.74) is 1.28. The van der Waals surface area contributed by atoms with E-state index in [1.807, 2.05) is 30.3 Å². The van der Waals surface area contributed by atoms with Crippen molar-refractivity contribution in [2.45, 2.75) is 19.4 Å². The number of hydrogen-bond donors (Lipinski definition) is 1. The molecule has 1 aliphatic rings. The van der Waals surface area contributed by atoms with Crippen LogP contribution in [0, 0.1) is 0 Å². The highest BCUT2D eigenvalue weighted by molar-refractivity contribution is 8.18. The quantitative estimate of drug-likeness (QED) is 0.411. The molecule has 8 nitrogen and oxygen atoms in total. The standard InChI is InChI=1S/C24H26N2O6S/c1-16(23(28)29)32-21-17(9-7-12-19(21)31-3)15-20-22(27)26(13-8-14-30-2)24(33-20)25-18-10-5-4-6-11-18/h4-7,9-12,15-16H,8,13-14H2,1-3H3,(H,28,29)/b20-15-,25-24?/t16-/m1/s1. The Morgan fingerprint density at radius 3 is 2.61 bits per heavy atom. The van der Waals surface area contributed by atoms with Gasteiger partial charge in [-0.05, 0) is 49.4 Å². The predicted molar refractivity (Wildman–Crippen MR) is 128 cm³/mol. The Kier molecular flexibility index (Phi) is 8.51. The van der Waals surface area contributed by atoms with Crippen molar-refractivity contribution >= 4 is 40.6 Å². The molecule has 1 atom stereocenters. The third-order valence-corrected chi connectivity index (χ3v) is 5.76. The Morgan fingerprint density at radius 1 is 1.18 bits per heavy atom. The van der Waals surface area contributed by atoms with Crippen LogP contribution < -0.4 is 9.47 Å². The molecule has 3 rings (SSSR count). The zero-order valence-electron chi connectivity index (χ0n) is 18.7. The lowest BCUT2D eigenvalue weighted by molar-refractivity contribution is -0.144. The second-order valence-electron chi connectivity index (χ2n) is 7.12. The number of carboxylic acid groups (broad SMARTS) is 1. The van der Waals surface area contributed by atoms with E-state index in [0.29, 0.717) is 41.0 Å². The minimum absolute atomic E-state index is 0.189. The number of benzene rings is 2. The van der Waals surface area contributed by atoms with Gasteiger partial charge in [-0.15, -0.1) is 0 Å². The van der Waals surface area contributed by atoms with Crippen molar-refractivity contribution in [3.05, 3.63) is 59.0 Å². The van der Waals surface area contributed by atoms with Crippen LogP contribution in [-0.4, -0.2) is 60.5 Å². The van der Waals surface area contributed by atoms with Gasteiger partial charge in [0.05, 0.1) is 17.7 Å². The lowest BCUT2D eigenvalue weighted by Crippen LogP contribution is -2.30. The highest BCUT2D eigenvalue weighted by Crippen LogP contribution is 2.38. The lowest BCUT2D eigenvalue weighted by Gasteiger charge is -2.16. The molecule has 0 unspecified atom stereocenters. The number of aliphatic imine (C=N–C) groups is 1.